The highest BCUT2D eigenvalue weighted by molar-refractivity contribution is 7.15. The monoisotopic (exact) mass is 392 g/mol. The normalized spacial score (nSPS) is 19.5. The number of Topliss-reactive ketones (excluding diaryl/α,β-unsaturated/α-hetero) is 1. The summed E-state index contributed by atoms with van der Waals surface area (Å²) in [5, 5.41) is 21.0. The molecule has 1 aliphatic carbocycles. The SMILES string of the molecule is N#CC1=C(N)N(c2ccccc2)C2=C(C(=O)CCC2)[C@@H]1c1ccc([N+](=O)[O-])s1. The molecule has 0 unspecified atom stereocenters. The van der Waals surface area contributed by atoms with Gasteiger partial charge < -0.3 is 5.73 Å². The van der Waals surface area contributed by atoms with E-state index in [0.717, 1.165) is 22.7 Å². The van der Waals surface area contributed by atoms with Gasteiger partial charge in [-0.05, 0) is 31.0 Å². The Bertz CT molecular complexity index is 1080. The zero-order valence-electron chi connectivity index (χ0n) is 14.8. The Kier molecular flexibility index (Phi) is 4.45. The van der Waals surface area contributed by atoms with Crippen LogP contribution >= 0.6 is 11.3 Å². The highest BCUT2D eigenvalue weighted by atomic mass is 32.1. The van der Waals surface area contributed by atoms with Gasteiger partial charge in [-0.3, -0.25) is 19.8 Å². The van der Waals surface area contributed by atoms with Gasteiger partial charge in [-0.25, -0.2) is 0 Å². The van der Waals surface area contributed by atoms with Crippen LogP contribution in [-0.4, -0.2) is 10.7 Å². The predicted molar refractivity (Wildman–Crippen MR) is 105 cm³/mol. The second-order valence-corrected chi connectivity index (χ2v) is 7.68. The maximum atomic E-state index is 12.9. The third-order valence-corrected chi connectivity index (χ3v) is 6.11. The molecule has 0 amide bonds. The van der Waals surface area contributed by atoms with Crippen molar-refractivity contribution in [2.75, 3.05) is 4.90 Å². The molecular weight excluding hydrogens is 376 g/mol. The van der Waals surface area contributed by atoms with Gasteiger partial charge in [0.25, 0.3) is 0 Å². The number of anilines is 1. The third kappa shape index (κ3) is 2.77. The quantitative estimate of drug-likeness (QED) is 0.625. The first-order valence-electron chi connectivity index (χ1n) is 8.78. The number of rotatable bonds is 3. The van der Waals surface area contributed by atoms with Crippen LogP contribution in [0, 0.1) is 21.4 Å². The number of carbonyl (C=O) groups is 1. The molecule has 7 nitrogen and oxygen atoms in total. The number of thiophene rings is 1. The molecule has 1 atom stereocenters. The minimum Gasteiger partial charge on any atom is -0.384 e. The van der Waals surface area contributed by atoms with Crippen molar-refractivity contribution < 1.29 is 9.72 Å². The van der Waals surface area contributed by atoms with Crippen LogP contribution in [0.15, 0.2) is 65.1 Å². The van der Waals surface area contributed by atoms with Crippen LogP contribution in [0.5, 0.6) is 0 Å². The average Bonchev–Trinajstić information content (AvgIpc) is 3.18. The van der Waals surface area contributed by atoms with E-state index in [1.54, 1.807) is 11.0 Å². The minimum atomic E-state index is -0.661. The summed E-state index contributed by atoms with van der Waals surface area (Å²) in [4.78, 5) is 25.9. The van der Waals surface area contributed by atoms with Crippen molar-refractivity contribution in [3.8, 4) is 6.07 Å². The number of para-hydroxylation sites is 1. The van der Waals surface area contributed by atoms with Crippen LogP contribution in [0.4, 0.5) is 10.7 Å². The lowest BCUT2D eigenvalue weighted by molar-refractivity contribution is -0.380. The number of nitriles is 1. The fourth-order valence-electron chi connectivity index (χ4n) is 3.84. The van der Waals surface area contributed by atoms with E-state index in [4.69, 9.17) is 5.73 Å². The van der Waals surface area contributed by atoms with E-state index in [1.807, 2.05) is 30.3 Å². The number of nitrogens with zero attached hydrogens (tertiary/aromatic N) is 3. The first kappa shape index (κ1) is 17.9. The number of ketones is 1. The first-order chi connectivity index (χ1) is 13.5. The summed E-state index contributed by atoms with van der Waals surface area (Å²) in [5.41, 5.74) is 8.75. The van der Waals surface area contributed by atoms with Crippen LogP contribution in [0.25, 0.3) is 0 Å². The largest absolute Gasteiger partial charge is 0.384 e. The lowest BCUT2D eigenvalue weighted by Gasteiger charge is -2.39. The topological polar surface area (TPSA) is 113 Å². The zero-order chi connectivity index (χ0) is 19.8. The molecule has 4 rings (SSSR count). The van der Waals surface area contributed by atoms with Crippen molar-refractivity contribution in [3.63, 3.8) is 0 Å². The van der Waals surface area contributed by atoms with E-state index < -0.39 is 10.8 Å². The molecule has 140 valence electrons. The van der Waals surface area contributed by atoms with Crippen LogP contribution in [-0.2, 0) is 4.79 Å². The number of benzene rings is 1. The molecule has 1 aliphatic heterocycles. The Morgan fingerprint density at radius 1 is 1.21 bits per heavy atom. The van der Waals surface area contributed by atoms with Crippen molar-refractivity contribution in [3.05, 3.63) is 80.1 Å². The van der Waals surface area contributed by atoms with Crippen molar-refractivity contribution in [1.82, 2.24) is 0 Å². The van der Waals surface area contributed by atoms with Crippen molar-refractivity contribution in [1.29, 1.82) is 5.26 Å². The van der Waals surface area contributed by atoms with Gasteiger partial charge in [0, 0.05) is 34.3 Å². The fourth-order valence-corrected chi connectivity index (χ4v) is 4.78. The second-order valence-electron chi connectivity index (χ2n) is 6.58. The van der Waals surface area contributed by atoms with Crippen LogP contribution in [0.3, 0.4) is 0 Å². The van der Waals surface area contributed by atoms with Crippen LogP contribution in [0.2, 0.25) is 0 Å². The summed E-state index contributed by atoms with van der Waals surface area (Å²) < 4.78 is 0. The second kappa shape index (κ2) is 6.94. The van der Waals surface area contributed by atoms with Crippen LogP contribution in [0.1, 0.15) is 30.1 Å². The molecule has 2 aliphatic rings. The van der Waals surface area contributed by atoms with Gasteiger partial charge in [0.05, 0.1) is 22.5 Å². The maximum Gasteiger partial charge on any atom is 0.324 e. The molecule has 28 heavy (non-hydrogen) atoms. The highest BCUT2D eigenvalue weighted by Crippen LogP contribution is 2.48. The molecule has 0 saturated carbocycles. The Labute approximate surface area is 165 Å². The van der Waals surface area contributed by atoms with Crippen molar-refractivity contribution in [2.45, 2.75) is 25.2 Å². The van der Waals surface area contributed by atoms with Crippen molar-refractivity contribution >= 4 is 27.8 Å². The summed E-state index contributed by atoms with van der Waals surface area (Å²) in [5.74, 6) is -0.432. The zero-order valence-corrected chi connectivity index (χ0v) is 15.6. The van der Waals surface area contributed by atoms with Gasteiger partial charge in [-0.2, -0.15) is 5.26 Å². The molecule has 1 aromatic carbocycles. The summed E-state index contributed by atoms with van der Waals surface area (Å²) >= 11 is 0.979. The summed E-state index contributed by atoms with van der Waals surface area (Å²) in [6, 6.07) is 14.6. The van der Waals surface area contributed by atoms with Gasteiger partial charge in [-0.15, -0.1) is 0 Å². The molecule has 2 aromatic rings. The molecular formula is C20H16N4O3S. The molecule has 0 fully saturated rings. The molecule has 8 heteroatoms. The van der Waals surface area contributed by atoms with Gasteiger partial charge >= 0.3 is 5.00 Å². The van der Waals surface area contributed by atoms with E-state index >= 15 is 0 Å². The number of hydrogen-bond acceptors (Lipinski definition) is 7. The molecule has 0 radical (unpaired) electrons. The number of hydrogen-bond donors (Lipinski definition) is 1. The fraction of sp³-hybridized carbons (Fsp3) is 0.200. The Morgan fingerprint density at radius 2 is 1.96 bits per heavy atom. The third-order valence-electron chi connectivity index (χ3n) is 5.00. The van der Waals surface area contributed by atoms with Crippen molar-refractivity contribution in [2.24, 2.45) is 5.73 Å². The van der Waals surface area contributed by atoms with E-state index in [2.05, 4.69) is 6.07 Å². The lowest BCUT2D eigenvalue weighted by Crippen LogP contribution is -2.38. The first-order valence-corrected chi connectivity index (χ1v) is 9.60. The molecule has 0 bridgehead atoms. The molecule has 2 N–H and O–H groups in total. The van der Waals surface area contributed by atoms with Gasteiger partial charge in [0.2, 0.25) is 0 Å². The van der Waals surface area contributed by atoms with Gasteiger partial charge in [0.15, 0.2) is 5.78 Å². The smallest absolute Gasteiger partial charge is 0.324 e. The molecule has 1 aromatic heterocycles. The van der Waals surface area contributed by atoms with Gasteiger partial charge in [0.1, 0.15) is 5.82 Å². The molecule has 0 saturated heterocycles. The number of nitrogens with two attached hydrogens (primary N) is 1. The van der Waals surface area contributed by atoms with Crippen LogP contribution < -0.4 is 10.6 Å². The van der Waals surface area contributed by atoms with E-state index in [0.29, 0.717) is 29.7 Å². The van der Waals surface area contributed by atoms with Gasteiger partial charge in [-0.1, -0.05) is 29.5 Å². The number of carbonyl (C=O) groups excluding carboxylic acids is 1. The Hall–Kier alpha value is -3.44. The number of nitro groups is 1. The highest BCUT2D eigenvalue weighted by Gasteiger charge is 2.41. The minimum absolute atomic E-state index is 0.0261. The van der Waals surface area contributed by atoms with E-state index in [9.17, 15) is 20.2 Å². The standard InChI is InChI=1S/C20H16N4O3S/c21-11-13-18(16-9-10-17(28-16)24(26)27)19-14(7-4-8-15(19)25)23(20(13)22)12-5-2-1-3-6-12/h1-3,5-6,9-10,18H,4,7-8,22H2/t18-/m0/s1. The summed E-state index contributed by atoms with van der Waals surface area (Å²) in [6.07, 6.45) is 1.75. The number of allylic oxidation sites excluding steroid dienone is 3. The maximum absolute atomic E-state index is 12.9. The molecule has 0 spiro atoms. The molecule has 2 heterocycles. The lowest BCUT2D eigenvalue weighted by atomic mass is 9.78. The summed E-state index contributed by atoms with van der Waals surface area (Å²) in [6.45, 7) is 0. The van der Waals surface area contributed by atoms with E-state index in [1.165, 1.54) is 6.07 Å². The Balaban J connectivity index is 1.95. The van der Waals surface area contributed by atoms with E-state index in [-0.39, 0.29) is 22.2 Å². The average molecular weight is 392 g/mol. The predicted octanol–water partition coefficient (Wildman–Crippen LogP) is 3.96. The summed E-state index contributed by atoms with van der Waals surface area (Å²) in [7, 11) is 0. The Morgan fingerprint density at radius 3 is 2.61 bits per heavy atom.